The predicted molar refractivity (Wildman–Crippen MR) is 87.1 cm³/mol. The molecule has 0 amide bonds. The van der Waals surface area contributed by atoms with E-state index in [4.69, 9.17) is 4.98 Å². The van der Waals surface area contributed by atoms with Crippen LogP contribution in [0.2, 0.25) is 0 Å². The molecule has 0 bridgehead atoms. The predicted octanol–water partition coefficient (Wildman–Crippen LogP) is 2.86. The molecule has 2 aromatic heterocycles. The maximum absolute atomic E-state index is 4.71. The lowest BCUT2D eigenvalue weighted by atomic mass is 10.2. The molecular weight excluding hydrogens is 260 g/mol. The van der Waals surface area contributed by atoms with Gasteiger partial charge in [-0.1, -0.05) is 19.9 Å². The summed E-state index contributed by atoms with van der Waals surface area (Å²) in [4.78, 5) is 10.9. The monoisotopic (exact) mass is 284 g/mol. The van der Waals surface area contributed by atoms with Gasteiger partial charge in [-0.2, -0.15) is 0 Å². The van der Waals surface area contributed by atoms with Crippen molar-refractivity contribution in [2.45, 2.75) is 26.9 Å². The van der Waals surface area contributed by atoms with Crippen molar-refractivity contribution in [2.75, 3.05) is 18.5 Å². The van der Waals surface area contributed by atoms with Crippen LogP contribution in [-0.2, 0) is 13.1 Å². The van der Waals surface area contributed by atoms with Crippen LogP contribution in [0.4, 0.5) is 5.82 Å². The largest absolute Gasteiger partial charge is 0.355 e. The highest BCUT2D eigenvalue weighted by molar-refractivity contribution is 5.39. The second kappa shape index (κ2) is 7.74. The first-order valence-electron chi connectivity index (χ1n) is 7.42. The van der Waals surface area contributed by atoms with Crippen LogP contribution in [0.5, 0.6) is 0 Å². The zero-order valence-electron chi connectivity index (χ0n) is 13.1. The van der Waals surface area contributed by atoms with Gasteiger partial charge in [-0.05, 0) is 42.3 Å². The Bertz CT molecular complexity index is 539. The molecule has 112 valence electrons. The van der Waals surface area contributed by atoms with Gasteiger partial charge in [0.15, 0.2) is 0 Å². The van der Waals surface area contributed by atoms with Gasteiger partial charge in [0.25, 0.3) is 0 Å². The summed E-state index contributed by atoms with van der Waals surface area (Å²) < 4.78 is 0. The van der Waals surface area contributed by atoms with Gasteiger partial charge in [-0.25, -0.2) is 4.98 Å². The van der Waals surface area contributed by atoms with Crippen LogP contribution in [0, 0.1) is 5.92 Å². The van der Waals surface area contributed by atoms with Crippen molar-refractivity contribution >= 4 is 5.82 Å². The molecule has 0 saturated heterocycles. The summed E-state index contributed by atoms with van der Waals surface area (Å²) in [6.07, 6.45) is 3.64. The van der Waals surface area contributed by atoms with Crippen LogP contribution in [0.25, 0.3) is 0 Å². The van der Waals surface area contributed by atoms with Crippen molar-refractivity contribution in [3.63, 3.8) is 0 Å². The Hall–Kier alpha value is -1.94. The summed E-state index contributed by atoms with van der Waals surface area (Å²) in [6.45, 7) is 7.07. The van der Waals surface area contributed by atoms with Crippen molar-refractivity contribution in [3.05, 3.63) is 54.0 Å². The fraction of sp³-hybridized carbons (Fsp3) is 0.412. The van der Waals surface area contributed by atoms with Gasteiger partial charge in [-0.15, -0.1) is 0 Å². The first kappa shape index (κ1) is 15.4. The lowest BCUT2D eigenvalue weighted by Gasteiger charge is -2.19. The number of aromatic nitrogens is 2. The Kier molecular flexibility index (Phi) is 5.69. The van der Waals surface area contributed by atoms with Crippen molar-refractivity contribution in [3.8, 4) is 0 Å². The first-order valence-corrected chi connectivity index (χ1v) is 7.42. The van der Waals surface area contributed by atoms with E-state index in [-0.39, 0.29) is 0 Å². The molecule has 4 heteroatoms. The molecule has 2 heterocycles. The van der Waals surface area contributed by atoms with Gasteiger partial charge in [-0.3, -0.25) is 4.98 Å². The summed E-state index contributed by atoms with van der Waals surface area (Å²) in [5.41, 5.74) is 2.31. The number of nitrogens with one attached hydrogen (secondary N) is 1. The van der Waals surface area contributed by atoms with Crippen molar-refractivity contribution in [1.82, 2.24) is 15.3 Å². The smallest absolute Gasteiger partial charge is 0.128 e. The molecule has 0 unspecified atom stereocenters. The molecule has 2 aromatic rings. The van der Waals surface area contributed by atoms with E-state index in [2.05, 4.69) is 48.2 Å². The third-order valence-electron chi connectivity index (χ3n) is 3.21. The number of nitrogens with zero attached hydrogens (tertiary/aromatic N) is 3. The molecule has 0 radical (unpaired) electrons. The highest BCUT2D eigenvalue weighted by Crippen LogP contribution is 2.13. The summed E-state index contributed by atoms with van der Waals surface area (Å²) >= 11 is 0. The van der Waals surface area contributed by atoms with E-state index in [0.717, 1.165) is 31.1 Å². The number of pyridine rings is 2. The summed E-state index contributed by atoms with van der Waals surface area (Å²) in [5.74, 6) is 1.65. The van der Waals surface area contributed by atoms with E-state index < -0.39 is 0 Å². The lowest BCUT2D eigenvalue weighted by Crippen LogP contribution is -2.21. The zero-order valence-corrected chi connectivity index (χ0v) is 13.1. The van der Waals surface area contributed by atoms with Gasteiger partial charge < -0.3 is 10.2 Å². The van der Waals surface area contributed by atoms with Gasteiger partial charge in [0.05, 0.1) is 5.69 Å². The summed E-state index contributed by atoms with van der Waals surface area (Å²) in [5, 5.41) is 3.43. The molecule has 4 nitrogen and oxygen atoms in total. The number of anilines is 1. The second-order valence-corrected chi connectivity index (χ2v) is 5.72. The number of hydrogen-bond acceptors (Lipinski definition) is 4. The Morgan fingerprint density at radius 3 is 2.62 bits per heavy atom. The van der Waals surface area contributed by atoms with E-state index in [1.54, 1.807) is 0 Å². The molecule has 0 atom stereocenters. The van der Waals surface area contributed by atoms with Gasteiger partial charge in [0, 0.05) is 32.5 Å². The molecule has 2 rings (SSSR count). The molecule has 21 heavy (non-hydrogen) atoms. The normalized spacial score (nSPS) is 10.9. The van der Waals surface area contributed by atoms with Crippen LogP contribution in [-0.4, -0.2) is 23.6 Å². The van der Waals surface area contributed by atoms with Crippen molar-refractivity contribution in [1.29, 1.82) is 0 Å². The molecule has 0 aliphatic heterocycles. The molecule has 0 aliphatic rings. The third-order valence-corrected chi connectivity index (χ3v) is 3.21. The average molecular weight is 284 g/mol. The molecule has 0 spiro atoms. The SMILES string of the molecule is CC(C)CNCc1cccc(N(C)Cc2ccncc2)n1. The zero-order chi connectivity index (χ0) is 15.1. The maximum Gasteiger partial charge on any atom is 0.128 e. The Morgan fingerprint density at radius 1 is 1.14 bits per heavy atom. The minimum absolute atomic E-state index is 0.655. The van der Waals surface area contributed by atoms with E-state index in [0.29, 0.717) is 5.92 Å². The van der Waals surface area contributed by atoms with E-state index in [1.165, 1.54) is 5.56 Å². The van der Waals surface area contributed by atoms with Gasteiger partial charge in [0.2, 0.25) is 0 Å². The van der Waals surface area contributed by atoms with E-state index in [1.807, 2.05) is 30.6 Å². The molecule has 0 fully saturated rings. The highest BCUT2D eigenvalue weighted by Gasteiger charge is 2.05. The standard InChI is InChI=1S/C17H24N4/c1-14(2)11-19-12-16-5-4-6-17(20-16)21(3)13-15-7-9-18-10-8-15/h4-10,14,19H,11-13H2,1-3H3. The highest BCUT2D eigenvalue weighted by atomic mass is 15.2. The minimum Gasteiger partial charge on any atom is -0.355 e. The first-order chi connectivity index (χ1) is 10.1. The van der Waals surface area contributed by atoms with Crippen LogP contribution >= 0.6 is 0 Å². The number of rotatable bonds is 7. The van der Waals surface area contributed by atoms with E-state index >= 15 is 0 Å². The second-order valence-electron chi connectivity index (χ2n) is 5.72. The molecule has 0 saturated carbocycles. The van der Waals surface area contributed by atoms with Crippen LogP contribution < -0.4 is 10.2 Å². The topological polar surface area (TPSA) is 41.0 Å². The fourth-order valence-electron chi connectivity index (χ4n) is 2.11. The maximum atomic E-state index is 4.71. The summed E-state index contributed by atoms with van der Waals surface area (Å²) in [7, 11) is 2.06. The quantitative estimate of drug-likeness (QED) is 0.849. The van der Waals surface area contributed by atoms with Crippen LogP contribution in [0.1, 0.15) is 25.1 Å². The minimum atomic E-state index is 0.655. The number of hydrogen-bond donors (Lipinski definition) is 1. The van der Waals surface area contributed by atoms with Crippen molar-refractivity contribution < 1.29 is 0 Å². The summed E-state index contributed by atoms with van der Waals surface area (Å²) in [6, 6.07) is 10.2. The van der Waals surface area contributed by atoms with Crippen molar-refractivity contribution in [2.24, 2.45) is 5.92 Å². The van der Waals surface area contributed by atoms with Crippen LogP contribution in [0.15, 0.2) is 42.7 Å². The van der Waals surface area contributed by atoms with Gasteiger partial charge >= 0.3 is 0 Å². The van der Waals surface area contributed by atoms with Crippen LogP contribution in [0.3, 0.4) is 0 Å². The third kappa shape index (κ3) is 5.16. The Labute approximate surface area is 127 Å². The molecule has 0 aromatic carbocycles. The van der Waals surface area contributed by atoms with E-state index in [9.17, 15) is 0 Å². The Balaban J connectivity index is 1.96. The van der Waals surface area contributed by atoms with Gasteiger partial charge in [0.1, 0.15) is 5.82 Å². The average Bonchev–Trinajstić information content (AvgIpc) is 2.48. The Morgan fingerprint density at radius 2 is 1.90 bits per heavy atom. The fourth-order valence-corrected chi connectivity index (χ4v) is 2.11. The molecule has 0 aliphatic carbocycles. The lowest BCUT2D eigenvalue weighted by molar-refractivity contribution is 0.548. The molecular formula is C17H24N4. The molecule has 1 N–H and O–H groups in total.